The highest BCUT2D eigenvalue weighted by Crippen LogP contribution is 2.22. The van der Waals surface area contributed by atoms with E-state index in [4.69, 9.17) is 9.47 Å². The van der Waals surface area contributed by atoms with Gasteiger partial charge in [-0.05, 0) is 37.5 Å². The monoisotopic (exact) mass is 428 g/mol. The van der Waals surface area contributed by atoms with E-state index in [0.717, 1.165) is 24.2 Å². The number of aliphatic hydroxyl groups is 3. The maximum atomic E-state index is 9.86. The Hall–Kier alpha value is -0.460. The molecular formula is C25H48O5. The van der Waals surface area contributed by atoms with Crippen molar-refractivity contribution in [3.05, 3.63) is 11.6 Å². The van der Waals surface area contributed by atoms with Crippen LogP contribution >= 0.6 is 0 Å². The normalized spacial score (nSPS) is 27.4. The molecule has 0 aromatic rings. The quantitative estimate of drug-likeness (QED) is 0.326. The number of ether oxygens (including phenoxy) is 2. The summed E-state index contributed by atoms with van der Waals surface area (Å²) in [4.78, 5) is 0. The average Bonchev–Trinajstić information content (AvgIpc) is 2.67. The third kappa shape index (κ3) is 11.8. The molecule has 0 aliphatic carbocycles. The maximum absolute atomic E-state index is 9.86. The van der Waals surface area contributed by atoms with Crippen LogP contribution in [0.2, 0.25) is 0 Å². The van der Waals surface area contributed by atoms with Crippen LogP contribution in [0.5, 0.6) is 0 Å². The Bertz CT molecular complexity index is 464. The summed E-state index contributed by atoms with van der Waals surface area (Å²) in [5.41, 5.74) is 1.27. The Morgan fingerprint density at radius 3 is 2.07 bits per heavy atom. The predicted octanol–water partition coefficient (Wildman–Crippen LogP) is 4.83. The van der Waals surface area contributed by atoms with Gasteiger partial charge in [-0.2, -0.15) is 0 Å². The van der Waals surface area contributed by atoms with Crippen LogP contribution in [-0.2, 0) is 9.47 Å². The molecule has 0 amide bonds. The molecule has 5 nitrogen and oxygen atoms in total. The molecule has 1 heterocycles. The van der Waals surface area contributed by atoms with Gasteiger partial charge in [0.05, 0.1) is 13.2 Å². The molecule has 1 fully saturated rings. The van der Waals surface area contributed by atoms with Crippen molar-refractivity contribution in [1.82, 2.24) is 0 Å². The zero-order valence-electron chi connectivity index (χ0n) is 20.1. The third-order valence-corrected chi connectivity index (χ3v) is 6.29. The molecule has 0 radical (unpaired) electrons. The van der Waals surface area contributed by atoms with E-state index < -0.39 is 24.6 Å². The molecule has 1 saturated heterocycles. The lowest BCUT2D eigenvalue weighted by molar-refractivity contribution is -0.266. The second-order valence-electron chi connectivity index (χ2n) is 9.99. The van der Waals surface area contributed by atoms with Crippen molar-refractivity contribution in [3.63, 3.8) is 0 Å². The smallest absolute Gasteiger partial charge is 0.186 e. The molecule has 0 aromatic heterocycles. The topological polar surface area (TPSA) is 79.2 Å². The van der Waals surface area contributed by atoms with E-state index in [1.54, 1.807) is 0 Å². The molecule has 1 rings (SSSR count). The van der Waals surface area contributed by atoms with Gasteiger partial charge in [0.1, 0.15) is 18.3 Å². The SMILES string of the molecule is CC(=CCO[C@H]1OC[C@@H](O)[C@H](O)[C@H]1O)CCCC(C)CCCC(C)CCCC(C)C. The predicted molar refractivity (Wildman–Crippen MR) is 122 cm³/mol. The summed E-state index contributed by atoms with van der Waals surface area (Å²) in [6.07, 6.45) is 9.24. The molecule has 1 aliphatic rings. The number of allylic oxidation sites excluding steroid dienone is 1. The van der Waals surface area contributed by atoms with Crippen molar-refractivity contribution >= 4 is 0 Å². The van der Waals surface area contributed by atoms with E-state index in [1.807, 2.05) is 6.08 Å². The Kier molecular flexibility index (Phi) is 14.1. The lowest BCUT2D eigenvalue weighted by Crippen LogP contribution is -2.53. The lowest BCUT2D eigenvalue weighted by Gasteiger charge is -2.34. The number of hydrogen-bond acceptors (Lipinski definition) is 5. The molecule has 1 aliphatic heterocycles. The zero-order valence-corrected chi connectivity index (χ0v) is 20.1. The fourth-order valence-corrected chi connectivity index (χ4v) is 4.02. The van der Waals surface area contributed by atoms with Gasteiger partial charge in [0.25, 0.3) is 0 Å². The average molecular weight is 429 g/mol. The van der Waals surface area contributed by atoms with Crippen LogP contribution in [0.3, 0.4) is 0 Å². The van der Waals surface area contributed by atoms with E-state index in [2.05, 4.69) is 34.6 Å². The summed E-state index contributed by atoms with van der Waals surface area (Å²) in [7, 11) is 0. The second-order valence-corrected chi connectivity index (χ2v) is 9.99. The highest BCUT2D eigenvalue weighted by atomic mass is 16.7. The maximum Gasteiger partial charge on any atom is 0.186 e. The minimum atomic E-state index is -1.22. The van der Waals surface area contributed by atoms with Gasteiger partial charge in [-0.25, -0.2) is 0 Å². The molecule has 0 saturated carbocycles. The molecule has 2 unspecified atom stereocenters. The van der Waals surface area contributed by atoms with Crippen LogP contribution in [0.1, 0.15) is 92.4 Å². The number of hydrogen-bond donors (Lipinski definition) is 3. The van der Waals surface area contributed by atoms with Gasteiger partial charge in [0.15, 0.2) is 6.29 Å². The molecule has 30 heavy (non-hydrogen) atoms. The minimum Gasteiger partial charge on any atom is -0.388 e. The van der Waals surface area contributed by atoms with Crippen molar-refractivity contribution in [1.29, 1.82) is 0 Å². The van der Waals surface area contributed by atoms with Crippen LogP contribution in [-0.4, -0.2) is 53.1 Å². The fraction of sp³-hybridized carbons (Fsp3) is 0.920. The Balaban J connectivity index is 2.09. The molecular weight excluding hydrogens is 380 g/mol. The minimum absolute atomic E-state index is 0.0276. The first-order valence-electron chi connectivity index (χ1n) is 12.1. The fourth-order valence-electron chi connectivity index (χ4n) is 4.02. The van der Waals surface area contributed by atoms with Crippen molar-refractivity contribution in [2.24, 2.45) is 17.8 Å². The van der Waals surface area contributed by atoms with Crippen LogP contribution in [0.4, 0.5) is 0 Å². The summed E-state index contributed by atoms with van der Waals surface area (Å²) in [5.74, 6) is 2.46. The molecule has 0 spiro atoms. The van der Waals surface area contributed by atoms with Crippen LogP contribution in [0, 0.1) is 17.8 Å². The first-order chi connectivity index (χ1) is 14.2. The highest BCUT2D eigenvalue weighted by molar-refractivity contribution is 4.98. The molecule has 3 N–H and O–H groups in total. The zero-order chi connectivity index (χ0) is 22.5. The van der Waals surface area contributed by atoms with Crippen molar-refractivity contribution in [2.45, 2.75) is 117 Å². The number of rotatable bonds is 15. The van der Waals surface area contributed by atoms with E-state index in [0.29, 0.717) is 6.61 Å². The van der Waals surface area contributed by atoms with Gasteiger partial charge >= 0.3 is 0 Å². The Morgan fingerprint density at radius 2 is 1.47 bits per heavy atom. The molecule has 0 aromatic carbocycles. The summed E-state index contributed by atoms with van der Waals surface area (Å²) in [6.45, 7) is 11.8. The summed E-state index contributed by atoms with van der Waals surface area (Å²) in [5, 5.41) is 29.0. The Labute approximate surface area is 184 Å². The largest absolute Gasteiger partial charge is 0.388 e. The van der Waals surface area contributed by atoms with Crippen LogP contribution < -0.4 is 0 Å². The Morgan fingerprint density at radius 1 is 0.900 bits per heavy atom. The van der Waals surface area contributed by atoms with E-state index in [9.17, 15) is 15.3 Å². The lowest BCUT2D eigenvalue weighted by atomic mass is 9.91. The molecule has 6 atom stereocenters. The summed E-state index contributed by atoms with van der Waals surface area (Å²) in [6, 6.07) is 0. The standard InChI is InChI=1S/C25H48O5/c1-18(2)9-6-10-19(3)11-7-12-20(4)13-8-14-21(5)15-16-29-25-24(28)23(27)22(26)17-30-25/h15,18-20,22-28H,6-14,16-17H2,1-5H3/t19?,20?,22-,23+,24-,25+/m1/s1. The van der Waals surface area contributed by atoms with Crippen molar-refractivity contribution in [2.75, 3.05) is 13.2 Å². The van der Waals surface area contributed by atoms with Gasteiger partial charge in [0, 0.05) is 0 Å². The summed E-state index contributed by atoms with van der Waals surface area (Å²) < 4.78 is 10.8. The molecule has 178 valence electrons. The van der Waals surface area contributed by atoms with Crippen molar-refractivity contribution < 1.29 is 24.8 Å². The first kappa shape index (κ1) is 27.6. The third-order valence-electron chi connectivity index (χ3n) is 6.29. The van der Waals surface area contributed by atoms with E-state index in [-0.39, 0.29) is 6.61 Å². The highest BCUT2D eigenvalue weighted by Gasteiger charge is 2.37. The molecule has 0 bridgehead atoms. The van der Waals surface area contributed by atoms with Crippen molar-refractivity contribution in [3.8, 4) is 0 Å². The molecule has 5 heteroatoms. The van der Waals surface area contributed by atoms with Gasteiger partial charge in [-0.1, -0.05) is 84.3 Å². The van der Waals surface area contributed by atoms with Gasteiger partial charge in [0.2, 0.25) is 0 Å². The second kappa shape index (κ2) is 15.4. The van der Waals surface area contributed by atoms with Gasteiger partial charge in [-0.3, -0.25) is 0 Å². The van der Waals surface area contributed by atoms with Crippen LogP contribution in [0.25, 0.3) is 0 Å². The van der Waals surface area contributed by atoms with E-state index in [1.165, 1.54) is 56.9 Å². The number of aliphatic hydroxyl groups excluding tert-OH is 3. The summed E-state index contributed by atoms with van der Waals surface area (Å²) >= 11 is 0. The van der Waals surface area contributed by atoms with Gasteiger partial charge in [-0.15, -0.1) is 0 Å². The first-order valence-corrected chi connectivity index (χ1v) is 12.1. The van der Waals surface area contributed by atoms with E-state index >= 15 is 0 Å². The van der Waals surface area contributed by atoms with Gasteiger partial charge < -0.3 is 24.8 Å². The van der Waals surface area contributed by atoms with Crippen LogP contribution in [0.15, 0.2) is 11.6 Å².